The zero-order chi connectivity index (χ0) is 28.0. The predicted octanol–water partition coefficient (Wildman–Crippen LogP) is 6.34. The number of alkyl carbamates (subject to hydrolysis) is 1. The molecule has 0 spiro atoms. The molecule has 1 N–H and O–H groups in total. The third-order valence-corrected chi connectivity index (χ3v) is 5.62. The zero-order valence-corrected chi connectivity index (χ0v) is 22.4. The van der Waals surface area contributed by atoms with Gasteiger partial charge in [0.2, 0.25) is 0 Å². The normalized spacial score (nSPS) is 11.3. The average molecular weight is 535 g/mol. The van der Waals surface area contributed by atoms with Crippen molar-refractivity contribution in [1.82, 2.24) is 10.3 Å². The summed E-state index contributed by atoms with van der Waals surface area (Å²) in [7, 11) is 0. The van der Waals surface area contributed by atoms with Crippen LogP contribution in [0.2, 0.25) is 0 Å². The molecule has 2 aromatic carbocycles. The molecule has 204 valence electrons. The van der Waals surface area contributed by atoms with Crippen LogP contribution in [0.3, 0.4) is 0 Å². The number of para-hydroxylation sites is 1. The van der Waals surface area contributed by atoms with Crippen molar-refractivity contribution in [3.8, 4) is 16.9 Å². The number of amides is 1. The SMILES string of the molecule is CCOC(=O)Cc1cccc(F)c1OCc1cc(-c2ccnc(CNC(=O)OC(C)(C)C)c2)c2occc2c1. The molecule has 0 saturated carbocycles. The van der Waals surface area contributed by atoms with Crippen LogP contribution in [0.25, 0.3) is 22.1 Å². The maximum atomic E-state index is 14.7. The van der Waals surface area contributed by atoms with E-state index >= 15 is 0 Å². The molecule has 0 fully saturated rings. The van der Waals surface area contributed by atoms with E-state index in [4.69, 9.17) is 18.6 Å². The number of pyridine rings is 1. The Labute approximate surface area is 226 Å². The lowest BCUT2D eigenvalue weighted by Gasteiger charge is -2.19. The molecule has 9 heteroatoms. The van der Waals surface area contributed by atoms with Crippen molar-refractivity contribution in [3.63, 3.8) is 0 Å². The highest BCUT2D eigenvalue weighted by molar-refractivity contribution is 5.93. The van der Waals surface area contributed by atoms with Crippen molar-refractivity contribution in [3.05, 3.63) is 83.6 Å². The lowest BCUT2D eigenvalue weighted by molar-refractivity contribution is -0.142. The van der Waals surface area contributed by atoms with Gasteiger partial charge >= 0.3 is 12.1 Å². The van der Waals surface area contributed by atoms with Crippen LogP contribution in [0.4, 0.5) is 9.18 Å². The number of aromatic nitrogens is 1. The van der Waals surface area contributed by atoms with Gasteiger partial charge < -0.3 is 23.9 Å². The average Bonchev–Trinajstić information content (AvgIpc) is 3.35. The van der Waals surface area contributed by atoms with Crippen LogP contribution in [-0.4, -0.2) is 29.3 Å². The monoisotopic (exact) mass is 534 g/mol. The van der Waals surface area contributed by atoms with Crippen molar-refractivity contribution < 1.29 is 32.6 Å². The highest BCUT2D eigenvalue weighted by Gasteiger charge is 2.18. The van der Waals surface area contributed by atoms with Crippen LogP contribution in [0.15, 0.2) is 65.4 Å². The van der Waals surface area contributed by atoms with E-state index in [9.17, 15) is 14.0 Å². The summed E-state index contributed by atoms with van der Waals surface area (Å²) < 4.78 is 36.6. The lowest BCUT2D eigenvalue weighted by Crippen LogP contribution is -2.32. The Morgan fingerprint density at radius 3 is 2.69 bits per heavy atom. The Balaban J connectivity index is 1.56. The maximum Gasteiger partial charge on any atom is 0.407 e. The third kappa shape index (κ3) is 7.34. The molecule has 0 unspecified atom stereocenters. The minimum Gasteiger partial charge on any atom is -0.486 e. The minimum absolute atomic E-state index is 0.0128. The van der Waals surface area contributed by atoms with Crippen LogP contribution in [0.5, 0.6) is 5.75 Å². The van der Waals surface area contributed by atoms with Crippen molar-refractivity contribution in [2.45, 2.75) is 52.9 Å². The second-order valence-corrected chi connectivity index (χ2v) is 9.87. The van der Waals surface area contributed by atoms with E-state index in [1.54, 1.807) is 46.2 Å². The van der Waals surface area contributed by atoms with Crippen molar-refractivity contribution in [2.75, 3.05) is 6.61 Å². The number of halogens is 1. The molecule has 0 saturated heterocycles. The Morgan fingerprint density at radius 2 is 1.92 bits per heavy atom. The second-order valence-electron chi connectivity index (χ2n) is 9.87. The van der Waals surface area contributed by atoms with Crippen molar-refractivity contribution in [1.29, 1.82) is 0 Å². The number of nitrogens with zero attached hydrogens (tertiary/aromatic N) is 1. The van der Waals surface area contributed by atoms with E-state index in [2.05, 4.69) is 10.3 Å². The first-order valence-corrected chi connectivity index (χ1v) is 12.6. The number of hydrogen-bond donors (Lipinski definition) is 1. The molecule has 8 nitrogen and oxygen atoms in total. The number of hydrogen-bond acceptors (Lipinski definition) is 7. The summed E-state index contributed by atoms with van der Waals surface area (Å²) in [5.74, 6) is -0.999. The quantitative estimate of drug-likeness (QED) is 0.250. The molecule has 4 rings (SSSR count). The first kappa shape index (κ1) is 27.6. The molecule has 0 aliphatic rings. The van der Waals surface area contributed by atoms with E-state index in [0.717, 1.165) is 22.1 Å². The van der Waals surface area contributed by atoms with Crippen LogP contribution in [0.1, 0.15) is 44.5 Å². The number of benzene rings is 2. The third-order valence-electron chi connectivity index (χ3n) is 5.62. The number of esters is 1. The lowest BCUT2D eigenvalue weighted by atomic mass is 10.0. The van der Waals surface area contributed by atoms with Crippen LogP contribution >= 0.6 is 0 Å². The smallest absolute Gasteiger partial charge is 0.407 e. The van der Waals surface area contributed by atoms with Gasteiger partial charge in [0.1, 0.15) is 17.8 Å². The fraction of sp³-hybridized carbons (Fsp3) is 0.300. The highest BCUT2D eigenvalue weighted by Crippen LogP contribution is 2.32. The molecule has 0 atom stereocenters. The van der Waals surface area contributed by atoms with Crippen LogP contribution < -0.4 is 10.1 Å². The van der Waals surface area contributed by atoms with Gasteiger partial charge in [0.25, 0.3) is 0 Å². The molecular weight excluding hydrogens is 503 g/mol. The summed E-state index contributed by atoms with van der Waals surface area (Å²) in [5.41, 5.74) is 3.50. The van der Waals surface area contributed by atoms with Gasteiger partial charge in [0, 0.05) is 22.7 Å². The van der Waals surface area contributed by atoms with Gasteiger partial charge in [-0.05, 0) is 75.2 Å². The van der Waals surface area contributed by atoms with Crippen LogP contribution in [-0.2, 0) is 33.8 Å². The Kier molecular flexibility index (Phi) is 8.49. The second kappa shape index (κ2) is 12.0. The Bertz CT molecular complexity index is 1470. The predicted molar refractivity (Wildman–Crippen MR) is 144 cm³/mol. The summed E-state index contributed by atoms with van der Waals surface area (Å²) in [5, 5.41) is 3.56. The standard InChI is InChI=1S/C30H31FN2O6/c1-5-36-26(34)16-21-7-6-8-25(31)28(21)38-18-19-13-22-10-12-37-27(22)24(14-19)20-9-11-32-23(15-20)17-33-29(35)39-30(2,3)4/h6-15H,5,16-18H2,1-4H3,(H,33,35). The number of furan rings is 1. The summed E-state index contributed by atoms with van der Waals surface area (Å²) in [6, 6.07) is 13.8. The number of carbonyl (C=O) groups excluding carboxylic acids is 2. The fourth-order valence-corrected chi connectivity index (χ4v) is 4.04. The van der Waals surface area contributed by atoms with Gasteiger partial charge in [-0.2, -0.15) is 0 Å². The highest BCUT2D eigenvalue weighted by atomic mass is 19.1. The van der Waals surface area contributed by atoms with E-state index in [0.29, 0.717) is 16.8 Å². The van der Waals surface area contributed by atoms with E-state index in [1.165, 1.54) is 12.1 Å². The summed E-state index contributed by atoms with van der Waals surface area (Å²) in [4.78, 5) is 28.4. The maximum absolute atomic E-state index is 14.7. The molecule has 0 aliphatic heterocycles. The van der Waals surface area contributed by atoms with Gasteiger partial charge in [0.15, 0.2) is 11.6 Å². The number of rotatable bonds is 9. The fourth-order valence-electron chi connectivity index (χ4n) is 4.04. The van der Waals surface area contributed by atoms with Gasteiger partial charge in [0.05, 0.1) is 31.5 Å². The topological polar surface area (TPSA) is 99.9 Å². The number of ether oxygens (including phenoxy) is 3. The molecule has 0 bridgehead atoms. The van der Waals surface area contributed by atoms with Crippen molar-refractivity contribution in [2.24, 2.45) is 0 Å². The van der Waals surface area contributed by atoms with E-state index < -0.39 is 23.5 Å². The number of nitrogens with one attached hydrogen (secondary N) is 1. The van der Waals surface area contributed by atoms with Gasteiger partial charge in [-0.25, -0.2) is 9.18 Å². The number of fused-ring (bicyclic) bond motifs is 1. The summed E-state index contributed by atoms with van der Waals surface area (Å²) in [6.45, 7) is 7.59. The molecule has 4 aromatic rings. The van der Waals surface area contributed by atoms with Gasteiger partial charge in [-0.1, -0.05) is 12.1 Å². The van der Waals surface area contributed by atoms with Gasteiger partial charge in [-0.3, -0.25) is 9.78 Å². The Morgan fingerprint density at radius 1 is 1.10 bits per heavy atom. The molecular formula is C30H31FN2O6. The van der Waals surface area contributed by atoms with E-state index in [-0.39, 0.29) is 31.9 Å². The van der Waals surface area contributed by atoms with Crippen molar-refractivity contribution >= 4 is 23.0 Å². The first-order chi connectivity index (χ1) is 18.6. The number of carbonyl (C=O) groups is 2. The zero-order valence-electron chi connectivity index (χ0n) is 22.4. The van der Waals surface area contributed by atoms with E-state index in [1.807, 2.05) is 30.3 Å². The van der Waals surface area contributed by atoms with Gasteiger partial charge in [-0.15, -0.1) is 0 Å². The molecule has 2 heterocycles. The molecule has 0 radical (unpaired) electrons. The Hall–Kier alpha value is -4.40. The largest absolute Gasteiger partial charge is 0.486 e. The molecule has 0 aliphatic carbocycles. The molecule has 2 aromatic heterocycles. The summed E-state index contributed by atoms with van der Waals surface area (Å²) >= 11 is 0. The summed E-state index contributed by atoms with van der Waals surface area (Å²) in [6.07, 6.45) is 2.63. The first-order valence-electron chi connectivity index (χ1n) is 12.6. The minimum atomic E-state index is -0.602. The molecule has 39 heavy (non-hydrogen) atoms. The molecule has 1 amide bonds. The van der Waals surface area contributed by atoms with Crippen LogP contribution in [0, 0.1) is 5.82 Å².